The fourth-order valence-corrected chi connectivity index (χ4v) is 4.97. The van der Waals surface area contributed by atoms with Crippen LogP contribution in [0, 0.1) is 5.82 Å². The highest BCUT2D eigenvalue weighted by Gasteiger charge is 2.32. The molecule has 1 aliphatic heterocycles. The molecule has 144 valence electrons. The van der Waals surface area contributed by atoms with Crippen molar-refractivity contribution < 1.29 is 13.6 Å². The van der Waals surface area contributed by atoms with Crippen molar-refractivity contribution in [1.29, 1.82) is 0 Å². The number of carbonyl (C=O) groups excluding carboxylic acids is 1. The Labute approximate surface area is 170 Å². The molecule has 2 heterocycles. The Bertz CT molecular complexity index is 951. The van der Waals surface area contributed by atoms with Crippen LogP contribution in [0.15, 0.2) is 64.2 Å². The van der Waals surface area contributed by atoms with Gasteiger partial charge in [-0.15, -0.1) is 22.0 Å². The van der Waals surface area contributed by atoms with Crippen LogP contribution in [-0.4, -0.2) is 39.1 Å². The number of carbonyl (C=O) groups is 1. The van der Waals surface area contributed by atoms with Crippen LogP contribution in [0.3, 0.4) is 0 Å². The Morgan fingerprint density at radius 1 is 1.18 bits per heavy atom. The van der Waals surface area contributed by atoms with Crippen molar-refractivity contribution >= 4 is 29.4 Å². The number of halogens is 1. The van der Waals surface area contributed by atoms with Gasteiger partial charge in [0.15, 0.2) is 0 Å². The minimum Gasteiger partial charge on any atom is -0.416 e. The number of hydrogen-bond acceptors (Lipinski definition) is 6. The first-order chi connectivity index (χ1) is 13.7. The molecule has 0 radical (unpaired) electrons. The Morgan fingerprint density at radius 3 is 2.79 bits per heavy atom. The van der Waals surface area contributed by atoms with Crippen molar-refractivity contribution in [3.8, 4) is 0 Å². The summed E-state index contributed by atoms with van der Waals surface area (Å²) >= 11 is 2.79. The number of thioether (sulfide) groups is 2. The standard InChI is InChI=1S/C20H18FN3O2S2/c21-16-9-5-4-8-15(16)19-24(10-11-27-19)18(25)13-28-20-23-22-17(26-20)12-14-6-2-1-3-7-14/h1-9,19H,10-13H2/t19-/m0/s1. The molecular formula is C20H18FN3O2S2. The average molecular weight is 416 g/mol. The largest absolute Gasteiger partial charge is 0.416 e. The van der Waals surface area contributed by atoms with Gasteiger partial charge in [-0.3, -0.25) is 4.79 Å². The number of nitrogens with zero attached hydrogens (tertiary/aromatic N) is 3. The van der Waals surface area contributed by atoms with Crippen LogP contribution >= 0.6 is 23.5 Å². The third kappa shape index (κ3) is 4.39. The molecule has 5 nitrogen and oxygen atoms in total. The topological polar surface area (TPSA) is 59.2 Å². The number of hydrogen-bond donors (Lipinski definition) is 0. The molecule has 0 N–H and O–H groups in total. The number of amides is 1. The zero-order valence-corrected chi connectivity index (χ0v) is 16.6. The molecule has 2 aromatic carbocycles. The lowest BCUT2D eigenvalue weighted by Gasteiger charge is -2.24. The Kier molecular flexibility index (Phi) is 5.97. The third-order valence-corrected chi connectivity index (χ3v) is 6.39. The normalized spacial score (nSPS) is 16.5. The maximum absolute atomic E-state index is 14.1. The molecule has 0 bridgehead atoms. The summed E-state index contributed by atoms with van der Waals surface area (Å²) in [4.78, 5) is 14.4. The van der Waals surface area contributed by atoms with Gasteiger partial charge in [0.05, 0.1) is 12.2 Å². The third-order valence-electron chi connectivity index (χ3n) is 4.35. The first kappa shape index (κ1) is 19.0. The maximum Gasteiger partial charge on any atom is 0.277 e. The molecule has 0 unspecified atom stereocenters. The van der Waals surface area contributed by atoms with Gasteiger partial charge in [-0.2, -0.15) is 0 Å². The second-order valence-electron chi connectivity index (χ2n) is 6.24. The summed E-state index contributed by atoms with van der Waals surface area (Å²) in [6, 6.07) is 16.5. The van der Waals surface area contributed by atoms with Crippen molar-refractivity contribution in [3.63, 3.8) is 0 Å². The molecular weight excluding hydrogens is 397 g/mol. The van der Waals surface area contributed by atoms with Crippen LogP contribution in [0.4, 0.5) is 4.39 Å². The second-order valence-corrected chi connectivity index (χ2v) is 8.36. The lowest BCUT2D eigenvalue weighted by molar-refractivity contribution is -0.128. The summed E-state index contributed by atoms with van der Waals surface area (Å²) in [5.74, 6) is 1.14. The van der Waals surface area contributed by atoms with Crippen LogP contribution < -0.4 is 0 Å². The smallest absolute Gasteiger partial charge is 0.277 e. The predicted molar refractivity (Wildman–Crippen MR) is 108 cm³/mol. The SMILES string of the molecule is O=C(CSc1nnc(Cc2ccccc2)o1)N1CCS[C@H]1c1ccccc1F. The highest BCUT2D eigenvalue weighted by molar-refractivity contribution is 8.00. The van der Waals surface area contributed by atoms with Crippen LogP contribution in [0.2, 0.25) is 0 Å². The monoisotopic (exact) mass is 415 g/mol. The van der Waals surface area contributed by atoms with E-state index in [1.54, 1.807) is 34.9 Å². The molecule has 1 aromatic heterocycles. The number of benzene rings is 2. The van der Waals surface area contributed by atoms with Crippen molar-refractivity contribution in [1.82, 2.24) is 15.1 Å². The van der Waals surface area contributed by atoms with Gasteiger partial charge in [0, 0.05) is 17.9 Å². The molecule has 4 rings (SSSR count). The Balaban J connectivity index is 1.36. The summed E-state index contributed by atoms with van der Waals surface area (Å²) in [5, 5.41) is 8.14. The lowest BCUT2D eigenvalue weighted by Crippen LogP contribution is -2.32. The molecule has 1 amide bonds. The van der Waals surface area contributed by atoms with E-state index in [1.165, 1.54) is 17.8 Å². The molecule has 1 atom stereocenters. The lowest BCUT2D eigenvalue weighted by atomic mass is 10.2. The molecule has 8 heteroatoms. The van der Waals surface area contributed by atoms with Gasteiger partial charge in [0.1, 0.15) is 11.2 Å². The van der Waals surface area contributed by atoms with E-state index >= 15 is 0 Å². The predicted octanol–water partition coefficient (Wildman–Crippen LogP) is 4.17. The average Bonchev–Trinajstić information content (AvgIpc) is 3.37. The van der Waals surface area contributed by atoms with Crippen LogP contribution in [-0.2, 0) is 11.2 Å². The van der Waals surface area contributed by atoms with Crippen molar-refractivity contribution in [2.45, 2.75) is 17.0 Å². The van der Waals surface area contributed by atoms with E-state index in [1.807, 2.05) is 30.3 Å². The van der Waals surface area contributed by atoms with Crippen molar-refractivity contribution in [2.75, 3.05) is 18.1 Å². The molecule has 0 saturated carbocycles. The number of aromatic nitrogens is 2. The van der Waals surface area contributed by atoms with Crippen molar-refractivity contribution in [2.24, 2.45) is 0 Å². The fraction of sp³-hybridized carbons (Fsp3) is 0.250. The van der Waals surface area contributed by atoms with E-state index < -0.39 is 0 Å². The van der Waals surface area contributed by atoms with E-state index in [0.29, 0.717) is 29.6 Å². The van der Waals surface area contributed by atoms with Crippen molar-refractivity contribution in [3.05, 3.63) is 77.4 Å². The summed E-state index contributed by atoms with van der Waals surface area (Å²) in [6.07, 6.45) is 0.556. The first-order valence-electron chi connectivity index (χ1n) is 8.85. The van der Waals surface area contributed by atoms with Gasteiger partial charge < -0.3 is 9.32 Å². The molecule has 0 spiro atoms. The van der Waals surface area contributed by atoms with E-state index in [2.05, 4.69) is 10.2 Å². The molecule has 1 saturated heterocycles. The second kappa shape index (κ2) is 8.79. The molecule has 1 aliphatic rings. The maximum atomic E-state index is 14.1. The van der Waals surface area contributed by atoms with E-state index in [4.69, 9.17) is 4.42 Å². The van der Waals surface area contributed by atoms with E-state index in [9.17, 15) is 9.18 Å². The van der Waals surface area contributed by atoms with Gasteiger partial charge >= 0.3 is 0 Å². The van der Waals surface area contributed by atoms with E-state index in [0.717, 1.165) is 11.3 Å². The van der Waals surface area contributed by atoms with Gasteiger partial charge in [-0.1, -0.05) is 60.3 Å². The first-order valence-corrected chi connectivity index (χ1v) is 10.9. The minimum absolute atomic E-state index is 0.0638. The summed E-state index contributed by atoms with van der Waals surface area (Å²) < 4.78 is 19.8. The van der Waals surface area contributed by atoms with Gasteiger partial charge in [-0.25, -0.2) is 4.39 Å². The molecule has 1 fully saturated rings. The fourth-order valence-electron chi connectivity index (χ4n) is 3.00. The van der Waals surface area contributed by atoms with Gasteiger partial charge in [0.2, 0.25) is 11.8 Å². The van der Waals surface area contributed by atoms with Crippen LogP contribution in [0.1, 0.15) is 22.4 Å². The Hall–Kier alpha value is -2.32. The number of rotatable bonds is 6. The zero-order valence-electron chi connectivity index (χ0n) is 15.0. The quantitative estimate of drug-likeness (QED) is 0.564. The zero-order chi connectivity index (χ0) is 19.3. The molecule has 28 heavy (non-hydrogen) atoms. The summed E-state index contributed by atoms with van der Waals surface area (Å²) in [7, 11) is 0. The molecule has 0 aliphatic carbocycles. The molecule has 3 aromatic rings. The van der Waals surface area contributed by atoms with Crippen LogP contribution in [0.5, 0.6) is 0 Å². The van der Waals surface area contributed by atoms with Gasteiger partial charge in [-0.05, 0) is 11.6 Å². The Morgan fingerprint density at radius 2 is 1.96 bits per heavy atom. The highest BCUT2D eigenvalue weighted by atomic mass is 32.2. The van der Waals surface area contributed by atoms with Crippen LogP contribution in [0.25, 0.3) is 0 Å². The highest BCUT2D eigenvalue weighted by Crippen LogP contribution is 2.39. The summed E-state index contributed by atoms with van der Waals surface area (Å²) in [6.45, 7) is 0.603. The summed E-state index contributed by atoms with van der Waals surface area (Å²) in [5.41, 5.74) is 1.63. The van der Waals surface area contributed by atoms with Gasteiger partial charge in [0.25, 0.3) is 5.22 Å². The van der Waals surface area contributed by atoms with E-state index in [-0.39, 0.29) is 22.9 Å². The minimum atomic E-state index is -0.286.